The number of nitrogens with zero attached hydrogens (tertiary/aromatic N) is 2. The first-order valence-electron chi connectivity index (χ1n) is 15.3. The van der Waals surface area contributed by atoms with Crippen molar-refractivity contribution in [2.45, 2.75) is 0 Å². The number of fused-ring (bicyclic) bond motifs is 9. The smallest absolute Gasteiger partial charge is 0.0888 e. The van der Waals surface area contributed by atoms with Gasteiger partial charge in [-0.3, -0.25) is 4.98 Å². The van der Waals surface area contributed by atoms with E-state index < -0.39 is 0 Å². The quantitative estimate of drug-likeness (QED) is 0.190. The van der Waals surface area contributed by atoms with E-state index in [1.54, 1.807) is 11.3 Å². The second kappa shape index (κ2) is 10.2. The van der Waals surface area contributed by atoms with Gasteiger partial charge < -0.3 is 4.90 Å². The van der Waals surface area contributed by atoms with Crippen LogP contribution in [0.25, 0.3) is 71.8 Å². The third-order valence-electron chi connectivity index (χ3n) is 8.92. The van der Waals surface area contributed by atoms with Crippen molar-refractivity contribution < 1.29 is 0 Å². The van der Waals surface area contributed by atoms with E-state index in [0.29, 0.717) is 0 Å². The molecule has 5 heteroatoms. The molecule has 4 aromatic heterocycles. The van der Waals surface area contributed by atoms with Crippen molar-refractivity contribution >= 4 is 112 Å². The van der Waals surface area contributed by atoms with Gasteiger partial charge in [-0.15, -0.1) is 34.0 Å². The molecule has 0 radical (unpaired) electrons. The fourth-order valence-corrected chi connectivity index (χ4v) is 9.95. The van der Waals surface area contributed by atoms with Crippen LogP contribution < -0.4 is 4.90 Å². The van der Waals surface area contributed by atoms with Gasteiger partial charge in [0.2, 0.25) is 0 Å². The molecule has 10 aromatic rings. The highest BCUT2D eigenvalue weighted by Gasteiger charge is 2.17. The molecule has 0 amide bonds. The van der Waals surface area contributed by atoms with Crippen LogP contribution in [0, 0.1) is 0 Å². The van der Waals surface area contributed by atoms with E-state index in [2.05, 4.69) is 143 Å². The SMILES string of the molecule is c1ccc2c(c1)sc1ccc(N(c3ccc(-c4ccc5sc6cccnc6c5c4)cc3)c3ccc4sc5ccccc5c4c3)cc12. The van der Waals surface area contributed by atoms with Gasteiger partial charge in [0.25, 0.3) is 0 Å². The van der Waals surface area contributed by atoms with Gasteiger partial charge in [0.1, 0.15) is 0 Å². The zero-order valence-electron chi connectivity index (χ0n) is 24.5. The largest absolute Gasteiger partial charge is 0.310 e. The topological polar surface area (TPSA) is 16.1 Å². The Labute approximate surface area is 277 Å². The highest BCUT2D eigenvalue weighted by Crippen LogP contribution is 2.44. The van der Waals surface area contributed by atoms with E-state index in [4.69, 9.17) is 0 Å². The normalized spacial score (nSPS) is 11.9. The zero-order valence-corrected chi connectivity index (χ0v) is 26.9. The lowest BCUT2D eigenvalue weighted by atomic mass is 10.0. The molecule has 0 aliphatic carbocycles. The van der Waals surface area contributed by atoms with Crippen LogP contribution in [0.4, 0.5) is 17.1 Å². The van der Waals surface area contributed by atoms with Crippen LogP contribution in [0.1, 0.15) is 0 Å². The van der Waals surface area contributed by atoms with Crippen molar-refractivity contribution in [1.82, 2.24) is 4.98 Å². The molecule has 6 aromatic carbocycles. The Hall–Kier alpha value is -5.07. The van der Waals surface area contributed by atoms with Gasteiger partial charge in [-0.2, -0.15) is 0 Å². The minimum Gasteiger partial charge on any atom is -0.310 e. The monoisotopic (exact) mass is 640 g/mol. The highest BCUT2D eigenvalue weighted by atomic mass is 32.1. The Morgan fingerprint density at radius 2 is 0.870 bits per heavy atom. The second-order valence-corrected chi connectivity index (χ2v) is 14.9. The third kappa shape index (κ3) is 4.10. The van der Waals surface area contributed by atoms with Crippen LogP contribution in [0.5, 0.6) is 0 Å². The molecule has 0 atom stereocenters. The van der Waals surface area contributed by atoms with Crippen LogP contribution in [-0.4, -0.2) is 4.98 Å². The highest BCUT2D eigenvalue weighted by molar-refractivity contribution is 7.26. The van der Waals surface area contributed by atoms with Gasteiger partial charge >= 0.3 is 0 Å². The van der Waals surface area contributed by atoms with E-state index in [-0.39, 0.29) is 0 Å². The molecule has 0 bridgehead atoms. The maximum atomic E-state index is 4.69. The third-order valence-corrected chi connectivity index (χ3v) is 12.4. The Kier molecular flexibility index (Phi) is 5.82. The number of rotatable bonds is 4. The average molecular weight is 641 g/mol. The summed E-state index contributed by atoms with van der Waals surface area (Å²) >= 11 is 5.52. The first-order chi connectivity index (χ1) is 22.8. The summed E-state index contributed by atoms with van der Waals surface area (Å²) in [4.78, 5) is 7.09. The molecule has 10 rings (SSSR count). The molecule has 216 valence electrons. The molecule has 0 spiro atoms. The number of thiophene rings is 3. The number of pyridine rings is 1. The molecular weight excluding hydrogens is 617 g/mol. The summed E-state index contributed by atoms with van der Waals surface area (Å²) in [6.45, 7) is 0. The van der Waals surface area contributed by atoms with Gasteiger partial charge in [-0.1, -0.05) is 54.6 Å². The maximum absolute atomic E-state index is 4.69. The molecule has 0 N–H and O–H groups in total. The molecule has 0 aliphatic heterocycles. The van der Waals surface area contributed by atoms with Gasteiger partial charge in [0.05, 0.1) is 10.2 Å². The molecule has 0 aliphatic rings. The van der Waals surface area contributed by atoms with Gasteiger partial charge in [0, 0.05) is 73.7 Å². The van der Waals surface area contributed by atoms with Crippen LogP contribution in [0.15, 0.2) is 146 Å². The summed E-state index contributed by atoms with van der Waals surface area (Å²) in [5.41, 5.74) is 6.91. The molecular formula is C41H24N2S3. The van der Waals surface area contributed by atoms with E-state index in [1.165, 1.54) is 66.3 Å². The predicted octanol–water partition coefficient (Wildman–Crippen LogP) is 13.3. The molecule has 0 unspecified atom stereocenters. The lowest BCUT2D eigenvalue weighted by molar-refractivity contribution is 1.30. The molecule has 0 saturated heterocycles. The standard InChI is InChI=1S/C41H24N2S3/c1-3-8-35-30(6-1)32-23-28(16-19-37(32)44-35)43(29-17-20-38-33(24-29)31-7-2-4-9-36(31)45-38)27-14-11-25(12-15-27)26-13-18-39-34(22-26)41-40(46-39)10-5-21-42-41/h1-24H. The molecule has 4 heterocycles. The van der Waals surface area contributed by atoms with Crippen molar-refractivity contribution in [3.63, 3.8) is 0 Å². The van der Waals surface area contributed by atoms with Gasteiger partial charge in [-0.05, 0) is 96.1 Å². The van der Waals surface area contributed by atoms with Crippen molar-refractivity contribution in [3.8, 4) is 11.1 Å². The van der Waals surface area contributed by atoms with Crippen LogP contribution in [0.3, 0.4) is 0 Å². The minimum absolute atomic E-state index is 1.08. The molecule has 46 heavy (non-hydrogen) atoms. The Morgan fingerprint density at radius 3 is 1.54 bits per heavy atom. The summed E-state index contributed by atoms with van der Waals surface area (Å²) in [5, 5.41) is 6.43. The molecule has 0 fully saturated rings. The first kappa shape index (κ1) is 26.2. The lowest BCUT2D eigenvalue weighted by Crippen LogP contribution is -2.09. The molecule has 2 nitrogen and oxygen atoms in total. The maximum Gasteiger partial charge on any atom is 0.0888 e. The minimum atomic E-state index is 1.08. The van der Waals surface area contributed by atoms with E-state index in [0.717, 1.165) is 22.6 Å². The van der Waals surface area contributed by atoms with E-state index >= 15 is 0 Å². The Morgan fingerprint density at radius 1 is 0.370 bits per heavy atom. The Balaban J connectivity index is 1.13. The molecule has 0 saturated carbocycles. The predicted molar refractivity (Wildman–Crippen MR) is 203 cm³/mol. The summed E-state index contributed by atoms with van der Waals surface area (Å²) in [6, 6.07) is 51.2. The zero-order chi connectivity index (χ0) is 30.2. The van der Waals surface area contributed by atoms with Gasteiger partial charge in [-0.25, -0.2) is 0 Å². The first-order valence-corrected chi connectivity index (χ1v) is 17.7. The van der Waals surface area contributed by atoms with Crippen molar-refractivity contribution in [1.29, 1.82) is 0 Å². The number of hydrogen-bond acceptors (Lipinski definition) is 5. The lowest BCUT2D eigenvalue weighted by Gasteiger charge is -2.26. The van der Waals surface area contributed by atoms with E-state index in [1.807, 2.05) is 34.9 Å². The van der Waals surface area contributed by atoms with Gasteiger partial charge in [0.15, 0.2) is 0 Å². The summed E-state index contributed by atoms with van der Waals surface area (Å²) in [5.74, 6) is 0. The van der Waals surface area contributed by atoms with Crippen LogP contribution in [-0.2, 0) is 0 Å². The average Bonchev–Trinajstić information content (AvgIpc) is 3.79. The number of aromatic nitrogens is 1. The van der Waals surface area contributed by atoms with E-state index in [9.17, 15) is 0 Å². The van der Waals surface area contributed by atoms with Crippen LogP contribution in [0.2, 0.25) is 0 Å². The van der Waals surface area contributed by atoms with Crippen LogP contribution >= 0.6 is 34.0 Å². The number of hydrogen-bond donors (Lipinski definition) is 0. The van der Waals surface area contributed by atoms with Crippen molar-refractivity contribution in [2.24, 2.45) is 0 Å². The fraction of sp³-hybridized carbons (Fsp3) is 0. The van der Waals surface area contributed by atoms with Crippen molar-refractivity contribution in [2.75, 3.05) is 4.90 Å². The number of anilines is 3. The summed E-state index contributed by atoms with van der Waals surface area (Å²) in [6.07, 6.45) is 1.89. The fourth-order valence-electron chi connectivity index (χ4n) is 6.73. The second-order valence-electron chi connectivity index (χ2n) is 11.6. The summed E-state index contributed by atoms with van der Waals surface area (Å²) in [7, 11) is 0. The number of benzene rings is 6. The summed E-state index contributed by atoms with van der Waals surface area (Å²) < 4.78 is 7.76. The van der Waals surface area contributed by atoms with Crippen molar-refractivity contribution in [3.05, 3.63) is 146 Å². The Bertz CT molecular complexity index is 2650.